The van der Waals surface area contributed by atoms with Crippen LogP contribution in [-0.2, 0) is 16.1 Å². The van der Waals surface area contributed by atoms with E-state index in [1.165, 1.54) is 41.3 Å². The van der Waals surface area contributed by atoms with Crippen LogP contribution in [-0.4, -0.2) is 35.0 Å². The van der Waals surface area contributed by atoms with Crippen molar-refractivity contribution >= 4 is 17.6 Å². The fraction of sp³-hybridized carbons (Fsp3) is 0.176. The minimum atomic E-state index is -1.15. The number of anilines is 1. The van der Waals surface area contributed by atoms with Crippen LogP contribution in [0.15, 0.2) is 48.5 Å². The zero-order valence-corrected chi connectivity index (χ0v) is 12.7. The third kappa shape index (κ3) is 5.13. The molecule has 0 aromatic heterocycles. The topological polar surface area (TPSA) is 69.6 Å². The number of benzene rings is 2. The summed E-state index contributed by atoms with van der Waals surface area (Å²) < 4.78 is 27.2. The molecule has 0 heterocycles. The molecular formula is C17H16F2N2O3. The van der Waals surface area contributed by atoms with Gasteiger partial charge in [-0.15, -0.1) is 0 Å². The maximum atomic E-state index is 13.7. The molecule has 1 amide bonds. The van der Waals surface area contributed by atoms with E-state index in [1.807, 2.05) is 0 Å². The number of carboxylic acid groups (broad SMARTS) is 1. The number of halogens is 2. The first-order valence-corrected chi connectivity index (χ1v) is 7.17. The van der Waals surface area contributed by atoms with Gasteiger partial charge >= 0.3 is 5.97 Å². The Morgan fingerprint density at radius 3 is 2.21 bits per heavy atom. The average Bonchev–Trinajstić information content (AvgIpc) is 2.51. The van der Waals surface area contributed by atoms with Crippen LogP contribution in [0, 0.1) is 11.6 Å². The Kier molecular flexibility index (Phi) is 5.97. The molecule has 2 N–H and O–H groups in total. The Morgan fingerprint density at radius 2 is 1.58 bits per heavy atom. The van der Waals surface area contributed by atoms with Crippen LogP contribution in [0.1, 0.15) is 5.56 Å². The summed E-state index contributed by atoms with van der Waals surface area (Å²) in [5, 5.41) is 11.3. The average molecular weight is 334 g/mol. The second-order valence-corrected chi connectivity index (χ2v) is 5.16. The van der Waals surface area contributed by atoms with Crippen LogP contribution in [0.2, 0.25) is 0 Å². The Morgan fingerprint density at radius 1 is 0.958 bits per heavy atom. The van der Waals surface area contributed by atoms with Crippen LogP contribution in [0.5, 0.6) is 0 Å². The molecule has 0 aliphatic heterocycles. The zero-order valence-electron chi connectivity index (χ0n) is 12.7. The Labute approximate surface area is 137 Å². The predicted molar refractivity (Wildman–Crippen MR) is 84.3 cm³/mol. The van der Waals surface area contributed by atoms with Crippen LogP contribution in [0.4, 0.5) is 14.5 Å². The van der Waals surface area contributed by atoms with Gasteiger partial charge in [0.2, 0.25) is 5.91 Å². The highest BCUT2D eigenvalue weighted by Crippen LogP contribution is 2.13. The van der Waals surface area contributed by atoms with E-state index in [4.69, 9.17) is 5.11 Å². The van der Waals surface area contributed by atoms with Crippen molar-refractivity contribution in [2.24, 2.45) is 0 Å². The van der Waals surface area contributed by atoms with Gasteiger partial charge in [-0.3, -0.25) is 14.5 Å². The largest absolute Gasteiger partial charge is 0.480 e. The molecule has 2 aromatic carbocycles. The van der Waals surface area contributed by atoms with E-state index in [9.17, 15) is 18.4 Å². The number of amides is 1. The molecule has 0 atom stereocenters. The van der Waals surface area contributed by atoms with Crippen LogP contribution in [0.25, 0.3) is 0 Å². The molecule has 2 rings (SSSR count). The van der Waals surface area contributed by atoms with Crippen molar-refractivity contribution in [3.8, 4) is 0 Å². The number of nitrogens with one attached hydrogen (secondary N) is 1. The normalized spacial score (nSPS) is 10.6. The maximum Gasteiger partial charge on any atom is 0.317 e. The van der Waals surface area contributed by atoms with Gasteiger partial charge in [0.15, 0.2) is 0 Å². The number of carboxylic acids is 1. The van der Waals surface area contributed by atoms with E-state index in [0.29, 0.717) is 0 Å². The summed E-state index contributed by atoms with van der Waals surface area (Å²) in [5.74, 6) is -2.81. The lowest BCUT2D eigenvalue weighted by Gasteiger charge is -2.20. The van der Waals surface area contributed by atoms with Gasteiger partial charge in [-0.05, 0) is 18.2 Å². The highest BCUT2D eigenvalue weighted by Gasteiger charge is 2.17. The van der Waals surface area contributed by atoms with Crippen LogP contribution >= 0.6 is 0 Å². The second-order valence-electron chi connectivity index (χ2n) is 5.16. The highest BCUT2D eigenvalue weighted by molar-refractivity contribution is 5.92. The number of carbonyl (C=O) groups is 2. The molecule has 0 aliphatic rings. The van der Waals surface area contributed by atoms with Crippen molar-refractivity contribution in [3.05, 3.63) is 65.7 Å². The molecule has 0 spiro atoms. The van der Waals surface area contributed by atoms with Crippen molar-refractivity contribution in [1.29, 1.82) is 0 Å². The molecule has 0 unspecified atom stereocenters. The molecule has 0 fully saturated rings. The smallest absolute Gasteiger partial charge is 0.317 e. The van der Waals surface area contributed by atoms with Gasteiger partial charge in [-0.1, -0.05) is 30.3 Å². The molecule has 5 nitrogen and oxygen atoms in total. The third-order valence-corrected chi connectivity index (χ3v) is 3.23. The van der Waals surface area contributed by atoms with Crippen molar-refractivity contribution in [3.63, 3.8) is 0 Å². The van der Waals surface area contributed by atoms with Crippen LogP contribution in [0.3, 0.4) is 0 Å². The predicted octanol–water partition coefficient (Wildman–Crippen LogP) is 2.49. The van der Waals surface area contributed by atoms with Gasteiger partial charge in [0.05, 0.1) is 18.8 Å². The van der Waals surface area contributed by atoms with Crippen LogP contribution < -0.4 is 5.32 Å². The SMILES string of the molecule is O=C(O)CN(CC(=O)Nc1ccccc1F)Cc1ccccc1F. The summed E-state index contributed by atoms with van der Waals surface area (Å²) in [5.41, 5.74) is 0.279. The van der Waals surface area contributed by atoms with E-state index in [2.05, 4.69) is 5.32 Å². The summed E-state index contributed by atoms with van der Waals surface area (Å²) >= 11 is 0. The van der Waals surface area contributed by atoms with Crippen molar-refractivity contribution < 1.29 is 23.5 Å². The molecule has 0 bridgehead atoms. The molecule has 7 heteroatoms. The first-order valence-electron chi connectivity index (χ1n) is 7.17. The number of nitrogens with zero attached hydrogens (tertiary/aromatic N) is 1. The molecule has 0 radical (unpaired) electrons. The fourth-order valence-corrected chi connectivity index (χ4v) is 2.18. The number of carbonyl (C=O) groups excluding carboxylic acids is 1. The van der Waals surface area contributed by atoms with E-state index in [1.54, 1.807) is 12.1 Å². The van der Waals surface area contributed by atoms with Crippen molar-refractivity contribution in [2.75, 3.05) is 18.4 Å². The zero-order chi connectivity index (χ0) is 17.5. The standard InChI is InChI=1S/C17H16F2N2O3/c18-13-6-2-1-5-12(13)9-21(11-17(23)24)10-16(22)20-15-8-4-3-7-14(15)19/h1-8H,9-11H2,(H,20,22)(H,23,24). The summed E-state index contributed by atoms with van der Waals surface area (Å²) in [6, 6.07) is 11.6. The fourth-order valence-electron chi connectivity index (χ4n) is 2.18. The molecule has 2 aromatic rings. The van der Waals surface area contributed by atoms with E-state index in [-0.39, 0.29) is 24.3 Å². The van der Waals surface area contributed by atoms with Crippen molar-refractivity contribution in [2.45, 2.75) is 6.54 Å². The number of aliphatic carboxylic acids is 1. The van der Waals surface area contributed by atoms with E-state index in [0.717, 1.165) is 0 Å². The molecule has 0 aliphatic carbocycles. The number of para-hydroxylation sites is 1. The van der Waals surface area contributed by atoms with Gasteiger partial charge in [0.1, 0.15) is 11.6 Å². The Balaban J connectivity index is 2.05. The molecule has 126 valence electrons. The lowest BCUT2D eigenvalue weighted by Crippen LogP contribution is -2.36. The van der Waals surface area contributed by atoms with Crippen molar-refractivity contribution in [1.82, 2.24) is 4.90 Å². The summed E-state index contributed by atoms with van der Waals surface area (Å²) in [7, 11) is 0. The van der Waals surface area contributed by atoms with E-state index >= 15 is 0 Å². The van der Waals surface area contributed by atoms with Gasteiger partial charge < -0.3 is 10.4 Å². The Bertz CT molecular complexity index is 737. The molecule has 24 heavy (non-hydrogen) atoms. The van der Waals surface area contributed by atoms with Gasteiger partial charge in [-0.2, -0.15) is 0 Å². The minimum absolute atomic E-state index is 0.00340. The maximum absolute atomic E-state index is 13.7. The number of rotatable bonds is 7. The number of hydrogen-bond donors (Lipinski definition) is 2. The number of hydrogen-bond acceptors (Lipinski definition) is 3. The second kappa shape index (κ2) is 8.16. The third-order valence-electron chi connectivity index (χ3n) is 3.23. The highest BCUT2D eigenvalue weighted by atomic mass is 19.1. The first-order chi connectivity index (χ1) is 11.5. The quantitative estimate of drug-likeness (QED) is 0.816. The minimum Gasteiger partial charge on any atom is -0.480 e. The first kappa shape index (κ1) is 17.6. The van der Waals surface area contributed by atoms with E-state index < -0.39 is 30.1 Å². The van der Waals surface area contributed by atoms with Gasteiger partial charge in [0.25, 0.3) is 0 Å². The molecule has 0 saturated carbocycles. The Hall–Kier alpha value is -2.80. The summed E-state index contributed by atoms with van der Waals surface area (Å²) in [6.07, 6.45) is 0. The lowest BCUT2D eigenvalue weighted by molar-refractivity contribution is -0.138. The molecular weight excluding hydrogens is 318 g/mol. The van der Waals surface area contributed by atoms with Gasteiger partial charge in [-0.25, -0.2) is 8.78 Å². The summed E-state index contributed by atoms with van der Waals surface area (Å²) in [6.45, 7) is -0.808. The summed E-state index contributed by atoms with van der Waals surface area (Å²) in [4.78, 5) is 24.2. The van der Waals surface area contributed by atoms with Gasteiger partial charge in [0, 0.05) is 12.1 Å². The molecule has 0 saturated heterocycles. The monoisotopic (exact) mass is 334 g/mol. The lowest BCUT2D eigenvalue weighted by atomic mass is 10.2.